The summed E-state index contributed by atoms with van der Waals surface area (Å²) in [6, 6.07) is 7.04. The second-order valence-electron chi connectivity index (χ2n) is 4.19. The second kappa shape index (κ2) is 6.23. The van der Waals surface area contributed by atoms with Gasteiger partial charge >= 0.3 is 10.2 Å². The molecule has 0 amide bonds. The summed E-state index contributed by atoms with van der Waals surface area (Å²) in [4.78, 5) is 0. The fourth-order valence-electron chi connectivity index (χ4n) is 1.92. The van der Waals surface area contributed by atoms with Crippen LogP contribution in [0.3, 0.4) is 0 Å². The Balaban J connectivity index is 2.15. The van der Waals surface area contributed by atoms with Crippen molar-refractivity contribution in [1.29, 1.82) is 0 Å². The smallest absolute Gasteiger partial charge is 0.301 e. The highest BCUT2D eigenvalue weighted by Crippen LogP contribution is 2.25. The first-order valence-electron chi connectivity index (χ1n) is 6.34. The van der Waals surface area contributed by atoms with Gasteiger partial charge in [-0.05, 0) is 19.1 Å². The lowest BCUT2D eigenvalue weighted by atomic mass is 10.3. The first-order chi connectivity index (χ1) is 9.13. The van der Waals surface area contributed by atoms with E-state index in [2.05, 4.69) is 10.0 Å². The minimum atomic E-state index is -3.51. The van der Waals surface area contributed by atoms with Crippen LogP contribution in [-0.4, -0.2) is 45.5 Å². The van der Waals surface area contributed by atoms with Crippen LogP contribution in [0.25, 0.3) is 0 Å². The zero-order chi connectivity index (χ0) is 13.7. The number of nitrogens with one attached hydrogen (secondary N) is 2. The highest BCUT2D eigenvalue weighted by atomic mass is 32.2. The molecule has 0 aromatic heterocycles. The molecule has 1 aromatic carbocycles. The maximum atomic E-state index is 12.2. The minimum Gasteiger partial charge on any atom is -0.492 e. The Labute approximate surface area is 113 Å². The van der Waals surface area contributed by atoms with E-state index in [1.807, 2.05) is 13.0 Å². The molecule has 106 valence electrons. The van der Waals surface area contributed by atoms with Crippen molar-refractivity contribution in [3.8, 4) is 5.75 Å². The SMILES string of the molecule is CCOc1ccccc1NS(=O)(=O)N1CCNCC1. The third-order valence-electron chi connectivity index (χ3n) is 2.84. The molecule has 0 saturated carbocycles. The number of benzene rings is 1. The first-order valence-corrected chi connectivity index (χ1v) is 7.78. The van der Waals surface area contributed by atoms with E-state index >= 15 is 0 Å². The molecule has 0 aliphatic carbocycles. The Hall–Kier alpha value is -1.31. The molecule has 1 aliphatic heterocycles. The van der Waals surface area contributed by atoms with Gasteiger partial charge in [-0.3, -0.25) is 4.72 Å². The van der Waals surface area contributed by atoms with Crippen molar-refractivity contribution in [2.75, 3.05) is 37.5 Å². The van der Waals surface area contributed by atoms with Crippen LogP contribution in [-0.2, 0) is 10.2 Å². The molecule has 1 aliphatic rings. The number of anilines is 1. The fourth-order valence-corrected chi connectivity index (χ4v) is 3.16. The van der Waals surface area contributed by atoms with Crippen LogP contribution in [0, 0.1) is 0 Å². The topological polar surface area (TPSA) is 70.7 Å². The summed E-state index contributed by atoms with van der Waals surface area (Å²) in [6.45, 7) is 4.66. The van der Waals surface area contributed by atoms with Crippen molar-refractivity contribution in [3.05, 3.63) is 24.3 Å². The van der Waals surface area contributed by atoms with E-state index in [9.17, 15) is 8.42 Å². The lowest BCUT2D eigenvalue weighted by Gasteiger charge is -2.27. The summed E-state index contributed by atoms with van der Waals surface area (Å²) < 4.78 is 33.9. The molecule has 0 unspecified atom stereocenters. The van der Waals surface area contributed by atoms with E-state index in [1.54, 1.807) is 18.2 Å². The van der Waals surface area contributed by atoms with Gasteiger partial charge in [-0.25, -0.2) is 0 Å². The van der Waals surface area contributed by atoms with Crippen LogP contribution < -0.4 is 14.8 Å². The van der Waals surface area contributed by atoms with Crippen LogP contribution in [0.5, 0.6) is 5.75 Å². The van der Waals surface area contributed by atoms with Crippen molar-refractivity contribution in [1.82, 2.24) is 9.62 Å². The highest BCUT2D eigenvalue weighted by Gasteiger charge is 2.24. The normalized spacial score (nSPS) is 17.1. The number of para-hydroxylation sites is 2. The largest absolute Gasteiger partial charge is 0.492 e. The average molecular weight is 285 g/mol. The van der Waals surface area contributed by atoms with Crippen molar-refractivity contribution in [2.24, 2.45) is 0 Å². The molecule has 1 heterocycles. The van der Waals surface area contributed by atoms with Crippen LogP contribution >= 0.6 is 0 Å². The molecule has 7 heteroatoms. The van der Waals surface area contributed by atoms with Gasteiger partial charge in [0, 0.05) is 26.2 Å². The van der Waals surface area contributed by atoms with Crippen molar-refractivity contribution in [2.45, 2.75) is 6.92 Å². The number of nitrogens with zero attached hydrogens (tertiary/aromatic N) is 1. The van der Waals surface area contributed by atoms with E-state index < -0.39 is 10.2 Å². The van der Waals surface area contributed by atoms with E-state index in [4.69, 9.17) is 4.74 Å². The van der Waals surface area contributed by atoms with Crippen molar-refractivity contribution in [3.63, 3.8) is 0 Å². The second-order valence-corrected chi connectivity index (χ2v) is 5.86. The number of ether oxygens (including phenoxy) is 1. The number of hydrogen-bond acceptors (Lipinski definition) is 4. The summed E-state index contributed by atoms with van der Waals surface area (Å²) in [7, 11) is -3.51. The molecular weight excluding hydrogens is 266 g/mol. The van der Waals surface area contributed by atoms with Gasteiger partial charge in [0.25, 0.3) is 0 Å². The van der Waals surface area contributed by atoms with Gasteiger partial charge in [0.1, 0.15) is 5.75 Å². The molecule has 1 fully saturated rings. The van der Waals surface area contributed by atoms with Crippen molar-refractivity contribution >= 4 is 15.9 Å². The Bertz CT molecular complexity index is 513. The molecule has 1 aromatic rings. The molecular formula is C12H19N3O3S. The van der Waals surface area contributed by atoms with Crippen LogP contribution in [0.4, 0.5) is 5.69 Å². The van der Waals surface area contributed by atoms with Gasteiger partial charge in [0.2, 0.25) is 0 Å². The highest BCUT2D eigenvalue weighted by molar-refractivity contribution is 7.90. The summed E-state index contributed by atoms with van der Waals surface area (Å²) >= 11 is 0. The summed E-state index contributed by atoms with van der Waals surface area (Å²) in [5, 5.41) is 3.12. The quantitative estimate of drug-likeness (QED) is 0.833. The van der Waals surface area contributed by atoms with E-state index in [0.717, 1.165) is 0 Å². The Kier molecular flexibility index (Phi) is 4.62. The summed E-state index contributed by atoms with van der Waals surface area (Å²) in [6.07, 6.45) is 0. The molecule has 19 heavy (non-hydrogen) atoms. The molecule has 0 bridgehead atoms. The fraction of sp³-hybridized carbons (Fsp3) is 0.500. The van der Waals surface area contributed by atoms with E-state index in [1.165, 1.54) is 4.31 Å². The predicted octanol–water partition coefficient (Wildman–Crippen LogP) is 0.647. The molecule has 1 saturated heterocycles. The van der Waals surface area contributed by atoms with E-state index in [0.29, 0.717) is 44.2 Å². The Morgan fingerprint density at radius 2 is 2.00 bits per heavy atom. The lowest BCUT2D eigenvalue weighted by molar-refractivity contribution is 0.341. The van der Waals surface area contributed by atoms with E-state index in [-0.39, 0.29) is 0 Å². The average Bonchev–Trinajstić information content (AvgIpc) is 2.42. The summed E-state index contributed by atoms with van der Waals surface area (Å²) in [5.74, 6) is 0.545. The van der Waals surface area contributed by atoms with Crippen LogP contribution in [0.2, 0.25) is 0 Å². The van der Waals surface area contributed by atoms with Gasteiger partial charge in [-0.1, -0.05) is 12.1 Å². The first kappa shape index (κ1) is 14.1. The molecule has 6 nitrogen and oxygen atoms in total. The zero-order valence-electron chi connectivity index (χ0n) is 10.9. The maximum absolute atomic E-state index is 12.2. The van der Waals surface area contributed by atoms with Gasteiger partial charge in [-0.2, -0.15) is 12.7 Å². The number of piperazine rings is 1. The molecule has 0 atom stereocenters. The number of hydrogen-bond donors (Lipinski definition) is 2. The predicted molar refractivity (Wildman–Crippen MR) is 74.6 cm³/mol. The van der Waals surface area contributed by atoms with Crippen LogP contribution in [0.1, 0.15) is 6.92 Å². The zero-order valence-corrected chi connectivity index (χ0v) is 11.7. The van der Waals surface area contributed by atoms with Crippen LogP contribution in [0.15, 0.2) is 24.3 Å². The Morgan fingerprint density at radius 3 is 2.68 bits per heavy atom. The molecule has 0 spiro atoms. The van der Waals surface area contributed by atoms with Crippen molar-refractivity contribution < 1.29 is 13.2 Å². The number of rotatable bonds is 5. The maximum Gasteiger partial charge on any atom is 0.301 e. The third-order valence-corrected chi connectivity index (χ3v) is 4.36. The standard InChI is InChI=1S/C12H19N3O3S/c1-2-18-12-6-4-3-5-11(12)14-19(16,17)15-9-7-13-8-10-15/h3-6,13-14H,2,7-10H2,1H3. The van der Waals surface area contributed by atoms with Gasteiger partial charge in [0.15, 0.2) is 0 Å². The van der Waals surface area contributed by atoms with Gasteiger partial charge < -0.3 is 10.1 Å². The lowest BCUT2D eigenvalue weighted by Crippen LogP contribution is -2.48. The molecule has 0 radical (unpaired) electrons. The Morgan fingerprint density at radius 1 is 1.32 bits per heavy atom. The summed E-state index contributed by atoms with van der Waals surface area (Å²) in [5.41, 5.74) is 0.475. The minimum absolute atomic E-state index is 0.475. The molecule has 2 N–H and O–H groups in total. The van der Waals surface area contributed by atoms with Gasteiger partial charge in [-0.15, -0.1) is 0 Å². The monoisotopic (exact) mass is 285 g/mol. The van der Waals surface area contributed by atoms with Gasteiger partial charge in [0.05, 0.1) is 12.3 Å². The molecule has 2 rings (SSSR count). The third kappa shape index (κ3) is 3.59.